The van der Waals surface area contributed by atoms with Crippen molar-refractivity contribution in [1.82, 2.24) is 19.6 Å². The first kappa shape index (κ1) is 8.96. The number of aliphatic hydroxyl groups is 1. The maximum absolute atomic E-state index is 8.88. The van der Waals surface area contributed by atoms with Crippen LogP contribution in [0.15, 0.2) is 24.7 Å². The van der Waals surface area contributed by atoms with Gasteiger partial charge in [0, 0.05) is 19.4 Å². The Labute approximate surface area is 81.6 Å². The van der Waals surface area contributed by atoms with E-state index < -0.39 is 0 Å². The van der Waals surface area contributed by atoms with Gasteiger partial charge in [-0.15, -0.1) is 0 Å². The van der Waals surface area contributed by atoms with E-state index in [-0.39, 0.29) is 6.61 Å². The maximum atomic E-state index is 8.88. The van der Waals surface area contributed by atoms with Crippen LogP contribution in [0, 0.1) is 0 Å². The monoisotopic (exact) mass is 192 g/mol. The van der Waals surface area contributed by atoms with Crippen LogP contribution in [-0.2, 0) is 20.2 Å². The molecule has 5 heteroatoms. The Morgan fingerprint density at radius 1 is 1.50 bits per heavy atom. The molecule has 0 atom stereocenters. The third kappa shape index (κ3) is 1.82. The highest BCUT2D eigenvalue weighted by molar-refractivity contribution is 5.10. The minimum atomic E-state index is 0.0769. The average Bonchev–Trinajstić information content (AvgIpc) is 2.76. The van der Waals surface area contributed by atoms with E-state index >= 15 is 0 Å². The van der Waals surface area contributed by atoms with Gasteiger partial charge in [0.25, 0.3) is 0 Å². The quantitative estimate of drug-likeness (QED) is 0.753. The molecule has 0 saturated heterocycles. The fourth-order valence-corrected chi connectivity index (χ4v) is 1.33. The highest BCUT2D eigenvalue weighted by atomic mass is 16.3. The first-order valence-corrected chi connectivity index (χ1v) is 4.38. The molecular weight excluding hydrogens is 180 g/mol. The van der Waals surface area contributed by atoms with Gasteiger partial charge >= 0.3 is 0 Å². The molecule has 0 fully saturated rings. The number of hydrogen-bond acceptors (Lipinski definition) is 3. The lowest BCUT2D eigenvalue weighted by atomic mass is 10.4. The van der Waals surface area contributed by atoms with Crippen LogP contribution in [0.1, 0.15) is 11.3 Å². The zero-order valence-corrected chi connectivity index (χ0v) is 7.96. The lowest BCUT2D eigenvalue weighted by molar-refractivity contribution is 0.281. The Kier molecular flexibility index (Phi) is 2.32. The first-order chi connectivity index (χ1) is 6.78. The second kappa shape index (κ2) is 3.63. The molecule has 5 nitrogen and oxygen atoms in total. The largest absolute Gasteiger partial charge is 0.392 e. The first-order valence-electron chi connectivity index (χ1n) is 4.38. The summed E-state index contributed by atoms with van der Waals surface area (Å²) in [7, 11) is 1.79. The summed E-state index contributed by atoms with van der Waals surface area (Å²) in [6.07, 6.45) is 5.55. The number of aryl methyl sites for hydroxylation is 1. The fraction of sp³-hybridized carbons (Fsp3) is 0.333. The van der Waals surface area contributed by atoms with E-state index in [9.17, 15) is 0 Å². The minimum Gasteiger partial charge on any atom is -0.392 e. The maximum Gasteiger partial charge on any atom is 0.102 e. The van der Waals surface area contributed by atoms with E-state index in [0.717, 1.165) is 11.3 Å². The van der Waals surface area contributed by atoms with Gasteiger partial charge in [0.2, 0.25) is 0 Å². The van der Waals surface area contributed by atoms with Crippen LogP contribution in [-0.4, -0.2) is 24.7 Å². The molecule has 1 N–H and O–H groups in total. The van der Waals surface area contributed by atoms with Gasteiger partial charge in [-0.25, -0.2) is 0 Å². The van der Waals surface area contributed by atoms with Gasteiger partial charge in [-0.05, 0) is 11.6 Å². The predicted octanol–water partition coefficient (Wildman–Crippen LogP) is 0.157. The summed E-state index contributed by atoms with van der Waals surface area (Å²) in [5.41, 5.74) is 1.82. The second-order valence-corrected chi connectivity index (χ2v) is 3.18. The molecule has 14 heavy (non-hydrogen) atoms. The molecule has 0 aromatic carbocycles. The van der Waals surface area contributed by atoms with Crippen LogP contribution in [0.2, 0.25) is 0 Å². The Morgan fingerprint density at radius 3 is 2.93 bits per heavy atom. The lowest BCUT2D eigenvalue weighted by Gasteiger charge is -1.97. The third-order valence-electron chi connectivity index (χ3n) is 1.99. The molecule has 0 aliphatic heterocycles. The summed E-state index contributed by atoms with van der Waals surface area (Å²) in [6, 6.07) is 1.89. The van der Waals surface area contributed by atoms with Crippen LogP contribution in [0.4, 0.5) is 0 Å². The zero-order chi connectivity index (χ0) is 9.97. The number of nitrogens with zero attached hydrogens (tertiary/aromatic N) is 4. The van der Waals surface area contributed by atoms with Gasteiger partial charge < -0.3 is 9.67 Å². The summed E-state index contributed by atoms with van der Waals surface area (Å²) in [5.74, 6) is 0. The molecule has 0 amide bonds. The predicted molar refractivity (Wildman–Crippen MR) is 50.5 cm³/mol. The van der Waals surface area contributed by atoms with Crippen molar-refractivity contribution < 1.29 is 5.11 Å². The highest BCUT2D eigenvalue weighted by Crippen LogP contribution is 2.03. The standard InChI is InChI=1S/C9H12N4O/c1-12-10-4-9(11-12)6-13-3-2-8(5-13)7-14/h2-5,14H,6-7H2,1H3. The van der Waals surface area contributed by atoms with E-state index in [1.807, 2.05) is 23.0 Å². The Balaban J connectivity index is 2.10. The van der Waals surface area contributed by atoms with Crippen LogP contribution < -0.4 is 0 Å². The number of aromatic nitrogens is 4. The Morgan fingerprint density at radius 2 is 2.36 bits per heavy atom. The Hall–Kier alpha value is -1.62. The molecule has 0 radical (unpaired) electrons. The van der Waals surface area contributed by atoms with Gasteiger partial charge in [-0.3, -0.25) is 0 Å². The van der Waals surface area contributed by atoms with E-state index in [2.05, 4.69) is 10.2 Å². The molecule has 2 heterocycles. The molecule has 0 spiro atoms. The molecule has 0 aliphatic carbocycles. The SMILES string of the molecule is Cn1ncc(Cn2ccc(CO)c2)n1. The minimum absolute atomic E-state index is 0.0769. The van der Waals surface area contributed by atoms with Crippen molar-refractivity contribution in [3.05, 3.63) is 35.9 Å². The summed E-state index contributed by atoms with van der Waals surface area (Å²) < 4.78 is 1.97. The topological polar surface area (TPSA) is 55.9 Å². The van der Waals surface area contributed by atoms with Crippen molar-refractivity contribution in [1.29, 1.82) is 0 Å². The number of hydrogen-bond donors (Lipinski definition) is 1. The molecule has 2 aromatic rings. The molecule has 0 bridgehead atoms. The van der Waals surface area contributed by atoms with Gasteiger partial charge in [-0.2, -0.15) is 15.0 Å². The highest BCUT2D eigenvalue weighted by Gasteiger charge is 2.00. The summed E-state index contributed by atoms with van der Waals surface area (Å²) in [6.45, 7) is 0.765. The van der Waals surface area contributed by atoms with E-state index in [1.54, 1.807) is 13.2 Å². The van der Waals surface area contributed by atoms with E-state index in [0.29, 0.717) is 6.54 Å². The molecule has 0 aliphatic rings. The fourth-order valence-electron chi connectivity index (χ4n) is 1.33. The molecule has 0 unspecified atom stereocenters. The molecule has 2 aromatic heterocycles. The molecular formula is C9H12N4O. The number of rotatable bonds is 3. The van der Waals surface area contributed by atoms with Crippen molar-refractivity contribution in [3.8, 4) is 0 Å². The Bertz CT molecular complexity index is 418. The van der Waals surface area contributed by atoms with Gasteiger partial charge in [0.1, 0.15) is 5.69 Å². The van der Waals surface area contributed by atoms with Crippen LogP contribution in [0.25, 0.3) is 0 Å². The van der Waals surface area contributed by atoms with Gasteiger partial charge in [0.05, 0.1) is 19.3 Å². The van der Waals surface area contributed by atoms with Gasteiger partial charge in [0.15, 0.2) is 0 Å². The molecule has 74 valence electrons. The summed E-state index contributed by atoms with van der Waals surface area (Å²) in [5, 5.41) is 17.0. The van der Waals surface area contributed by atoms with E-state index in [1.165, 1.54) is 4.80 Å². The van der Waals surface area contributed by atoms with Crippen molar-refractivity contribution in [2.45, 2.75) is 13.2 Å². The van der Waals surface area contributed by atoms with Crippen molar-refractivity contribution in [2.24, 2.45) is 7.05 Å². The molecule has 0 saturated carbocycles. The van der Waals surface area contributed by atoms with Crippen LogP contribution in [0.5, 0.6) is 0 Å². The van der Waals surface area contributed by atoms with Crippen molar-refractivity contribution in [3.63, 3.8) is 0 Å². The zero-order valence-electron chi connectivity index (χ0n) is 7.96. The summed E-state index contributed by atoms with van der Waals surface area (Å²) in [4.78, 5) is 1.53. The molecule has 2 rings (SSSR count). The van der Waals surface area contributed by atoms with Crippen LogP contribution in [0.3, 0.4) is 0 Å². The van der Waals surface area contributed by atoms with Crippen LogP contribution >= 0.6 is 0 Å². The second-order valence-electron chi connectivity index (χ2n) is 3.18. The number of aliphatic hydroxyl groups excluding tert-OH is 1. The lowest BCUT2D eigenvalue weighted by Crippen LogP contribution is -1.99. The smallest absolute Gasteiger partial charge is 0.102 e. The average molecular weight is 192 g/mol. The normalized spacial score (nSPS) is 10.7. The van der Waals surface area contributed by atoms with Crippen molar-refractivity contribution >= 4 is 0 Å². The third-order valence-corrected chi connectivity index (χ3v) is 1.99. The summed E-state index contributed by atoms with van der Waals surface area (Å²) >= 11 is 0. The van der Waals surface area contributed by atoms with Gasteiger partial charge in [-0.1, -0.05) is 0 Å². The van der Waals surface area contributed by atoms with Crippen molar-refractivity contribution in [2.75, 3.05) is 0 Å². The van der Waals surface area contributed by atoms with E-state index in [4.69, 9.17) is 5.11 Å².